The quantitative estimate of drug-likeness (QED) is 0.841. The molecule has 0 spiro atoms. The monoisotopic (exact) mass is 293 g/mol. The minimum absolute atomic E-state index is 0.00333. The average Bonchev–Trinajstić information content (AvgIpc) is 3.23. The van der Waals surface area contributed by atoms with Crippen molar-refractivity contribution in [1.29, 1.82) is 0 Å². The minimum atomic E-state index is -0.546. The van der Waals surface area contributed by atoms with Crippen LogP contribution in [0.15, 0.2) is 12.1 Å². The molecule has 2 atom stereocenters. The summed E-state index contributed by atoms with van der Waals surface area (Å²) in [6.07, 6.45) is 0.868. The smallest absolute Gasteiger partial charge is 0.340 e. The van der Waals surface area contributed by atoms with Crippen molar-refractivity contribution >= 4 is 17.6 Å². The van der Waals surface area contributed by atoms with Gasteiger partial charge in [0.05, 0.1) is 32.6 Å². The molecule has 1 aromatic carbocycles. The molecule has 0 radical (unpaired) electrons. The highest BCUT2D eigenvalue weighted by Gasteiger charge is 2.39. The zero-order valence-electron chi connectivity index (χ0n) is 12.6. The topological polar surface area (TPSA) is 73.9 Å². The Morgan fingerprint density at radius 1 is 1.14 bits per heavy atom. The first kappa shape index (κ1) is 15.2. The minimum Gasteiger partial charge on any atom is -0.493 e. The number of carbonyl (C=O) groups is 2. The van der Waals surface area contributed by atoms with E-state index in [9.17, 15) is 9.59 Å². The van der Waals surface area contributed by atoms with E-state index in [1.807, 2.05) is 6.92 Å². The van der Waals surface area contributed by atoms with Crippen molar-refractivity contribution in [3.05, 3.63) is 17.7 Å². The molecule has 2 rings (SSSR count). The second-order valence-electron chi connectivity index (χ2n) is 5.05. The molecule has 1 aliphatic rings. The molecule has 1 aliphatic carbocycles. The van der Waals surface area contributed by atoms with Gasteiger partial charge in [-0.15, -0.1) is 0 Å². The number of esters is 1. The first-order valence-corrected chi connectivity index (χ1v) is 6.67. The number of nitrogens with one attached hydrogen (secondary N) is 1. The SMILES string of the molecule is COC(=O)c1cc(OC)c(OC)cc1NC(=O)C1CC1C. The Morgan fingerprint density at radius 2 is 1.71 bits per heavy atom. The molecule has 21 heavy (non-hydrogen) atoms. The van der Waals surface area contributed by atoms with Gasteiger partial charge in [0.25, 0.3) is 0 Å². The van der Waals surface area contributed by atoms with Crippen molar-refractivity contribution in [2.75, 3.05) is 26.6 Å². The lowest BCUT2D eigenvalue weighted by atomic mass is 10.1. The van der Waals surface area contributed by atoms with Gasteiger partial charge in [-0.1, -0.05) is 6.92 Å². The summed E-state index contributed by atoms with van der Waals surface area (Å²) in [5, 5.41) is 2.77. The number of amides is 1. The maximum Gasteiger partial charge on any atom is 0.340 e. The number of benzene rings is 1. The lowest BCUT2D eigenvalue weighted by molar-refractivity contribution is -0.117. The molecule has 6 heteroatoms. The number of hydrogen-bond acceptors (Lipinski definition) is 5. The number of carbonyl (C=O) groups excluding carboxylic acids is 2. The van der Waals surface area contributed by atoms with Crippen molar-refractivity contribution in [3.8, 4) is 11.5 Å². The van der Waals surface area contributed by atoms with Gasteiger partial charge < -0.3 is 19.5 Å². The summed E-state index contributed by atoms with van der Waals surface area (Å²) in [5.41, 5.74) is 0.598. The summed E-state index contributed by atoms with van der Waals surface area (Å²) in [5.74, 6) is 0.574. The van der Waals surface area contributed by atoms with Crippen LogP contribution in [0.5, 0.6) is 11.5 Å². The standard InChI is InChI=1S/C15H19NO5/c1-8-5-9(8)14(17)16-11-7-13(20-3)12(19-2)6-10(11)15(18)21-4/h6-9H,5H2,1-4H3,(H,16,17). The van der Waals surface area contributed by atoms with Crippen LogP contribution in [0.25, 0.3) is 0 Å². The Hall–Kier alpha value is -2.24. The number of hydrogen-bond donors (Lipinski definition) is 1. The molecule has 0 heterocycles. The van der Waals surface area contributed by atoms with Crippen molar-refractivity contribution in [1.82, 2.24) is 0 Å². The van der Waals surface area contributed by atoms with Crippen molar-refractivity contribution in [3.63, 3.8) is 0 Å². The van der Waals surface area contributed by atoms with Gasteiger partial charge in [0, 0.05) is 18.1 Å². The van der Waals surface area contributed by atoms with Gasteiger partial charge >= 0.3 is 5.97 Å². The van der Waals surface area contributed by atoms with Gasteiger partial charge in [0.2, 0.25) is 5.91 Å². The van der Waals surface area contributed by atoms with Crippen LogP contribution in [0.3, 0.4) is 0 Å². The third-order valence-electron chi connectivity index (χ3n) is 3.63. The van der Waals surface area contributed by atoms with Crippen LogP contribution in [0.2, 0.25) is 0 Å². The van der Waals surface area contributed by atoms with Gasteiger partial charge in [-0.3, -0.25) is 4.79 Å². The van der Waals surface area contributed by atoms with E-state index in [1.54, 1.807) is 6.07 Å². The highest BCUT2D eigenvalue weighted by molar-refractivity contribution is 6.03. The van der Waals surface area contributed by atoms with Gasteiger partial charge in [-0.05, 0) is 12.3 Å². The second-order valence-corrected chi connectivity index (χ2v) is 5.05. The maximum absolute atomic E-state index is 12.1. The van der Waals surface area contributed by atoms with Crippen LogP contribution in [0, 0.1) is 11.8 Å². The van der Waals surface area contributed by atoms with E-state index in [0.29, 0.717) is 23.1 Å². The van der Waals surface area contributed by atoms with Crippen LogP contribution in [-0.2, 0) is 9.53 Å². The molecule has 6 nitrogen and oxygen atoms in total. The molecule has 114 valence electrons. The van der Waals surface area contributed by atoms with E-state index in [-0.39, 0.29) is 17.4 Å². The zero-order valence-corrected chi connectivity index (χ0v) is 12.6. The van der Waals surface area contributed by atoms with Crippen molar-refractivity contribution in [2.45, 2.75) is 13.3 Å². The fourth-order valence-corrected chi connectivity index (χ4v) is 2.17. The predicted molar refractivity (Wildman–Crippen MR) is 76.8 cm³/mol. The fourth-order valence-electron chi connectivity index (χ4n) is 2.17. The van der Waals surface area contributed by atoms with E-state index >= 15 is 0 Å². The van der Waals surface area contributed by atoms with E-state index in [0.717, 1.165) is 6.42 Å². The van der Waals surface area contributed by atoms with Crippen LogP contribution in [0.4, 0.5) is 5.69 Å². The average molecular weight is 293 g/mol. The fraction of sp³-hybridized carbons (Fsp3) is 0.467. The normalized spacial score (nSPS) is 19.6. The highest BCUT2D eigenvalue weighted by Crippen LogP contribution is 2.40. The third kappa shape index (κ3) is 3.09. The number of methoxy groups -OCH3 is 3. The highest BCUT2D eigenvalue weighted by atomic mass is 16.5. The molecule has 0 saturated heterocycles. The van der Waals surface area contributed by atoms with E-state index in [4.69, 9.17) is 14.2 Å². The summed E-state index contributed by atoms with van der Waals surface area (Å²) in [6, 6.07) is 3.06. The van der Waals surface area contributed by atoms with Crippen LogP contribution >= 0.6 is 0 Å². The van der Waals surface area contributed by atoms with Crippen LogP contribution in [0.1, 0.15) is 23.7 Å². The summed E-state index contributed by atoms with van der Waals surface area (Å²) >= 11 is 0. The lowest BCUT2D eigenvalue weighted by Gasteiger charge is -2.14. The Labute approximate surface area is 123 Å². The first-order valence-electron chi connectivity index (χ1n) is 6.67. The Morgan fingerprint density at radius 3 is 2.19 bits per heavy atom. The summed E-state index contributed by atoms with van der Waals surface area (Å²) in [6.45, 7) is 2.01. The molecule has 1 amide bonds. The van der Waals surface area contributed by atoms with E-state index < -0.39 is 5.97 Å². The molecule has 1 aromatic rings. The lowest BCUT2D eigenvalue weighted by Crippen LogP contribution is -2.17. The zero-order chi connectivity index (χ0) is 15.6. The summed E-state index contributed by atoms with van der Waals surface area (Å²) < 4.78 is 15.1. The Kier molecular flexibility index (Phi) is 4.35. The summed E-state index contributed by atoms with van der Waals surface area (Å²) in [4.78, 5) is 23.9. The van der Waals surface area contributed by atoms with Crippen molar-refractivity contribution < 1.29 is 23.8 Å². The Balaban J connectivity index is 2.36. The second kappa shape index (κ2) is 6.03. The van der Waals surface area contributed by atoms with Crippen LogP contribution in [-0.4, -0.2) is 33.2 Å². The largest absolute Gasteiger partial charge is 0.493 e. The van der Waals surface area contributed by atoms with Gasteiger partial charge in [0.1, 0.15) is 0 Å². The molecule has 2 unspecified atom stereocenters. The number of rotatable bonds is 5. The van der Waals surface area contributed by atoms with E-state index in [1.165, 1.54) is 27.4 Å². The maximum atomic E-state index is 12.1. The first-order chi connectivity index (χ1) is 10.0. The molecule has 1 N–H and O–H groups in total. The summed E-state index contributed by atoms with van der Waals surface area (Å²) in [7, 11) is 4.25. The molecule has 0 aliphatic heterocycles. The Bertz CT molecular complexity index is 569. The van der Waals surface area contributed by atoms with Gasteiger partial charge in [-0.2, -0.15) is 0 Å². The van der Waals surface area contributed by atoms with Crippen molar-refractivity contribution in [2.24, 2.45) is 11.8 Å². The van der Waals surface area contributed by atoms with E-state index in [2.05, 4.69) is 5.32 Å². The van der Waals surface area contributed by atoms with Gasteiger partial charge in [-0.25, -0.2) is 4.79 Å². The number of anilines is 1. The third-order valence-corrected chi connectivity index (χ3v) is 3.63. The molecule has 1 saturated carbocycles. The predicted octanol–water partition coefficient (Wildman–Crippen LogP) is 2.08. The molecule has 1 fully saturated rings. The van der Waals surface area contributed by atoms with Crippen LogP contribution < -0.4 is 14.8 Å². The molecular weight excluding hydrogens is 274 g/mol. The molecule has 0 bridgehead atoms. The molecular formula is C15H19NO5. The van der Waals surface area contributed by atoms with Gasteiger partial charge in [0.15, 0.2) is 11.5 Å². The molecule has 0 aromatic heterocycles. The number of ether oxygens (including phenoxy) is 3.